The van der Waals surface area contributed by atoms with Crippen LogP contribution in [0.5, 0.6) is 11.5 Å². The summed E-state index contributed by atoms with van der Waals surface area (Å²) in [6, 6.07) is 13.9. The second-order valence-corrected chi connectivity index (χ2v) is 7.10. The number of para-hydroxylation sites is 1. The van der Waals surface area contributed by atoms with Crippen molar-refractivity contribution in [2.45, 2.75) is 13.5 Å². The zero-order valence-corrected chi connectivity index (χ0v) is 16.9. The minimum absolute atomic E-state index is 0.0441. The zero-order chi connectivity index (χ0) is 19.9. The molecule has 0 bridgehead atoms. The number of ether oxygens (including phenoxy) is 2. The van der Waals surface area contributed by atoms with E-state index in [1.807, 2.05) is 43.3 Å². The number of nitrogens with zero attached hydrogens (tertiary/aromatic N) is 2. The van der Waals surface area contributed by atoms with E-state index in [4.69, 9.17) is 9.47 Å². The van der Waals surface area contributed by atoms with E-state index in [0.717, 1.165) is 55.5 Å². The van der Waals surface area contributed by atoms with E-state index in [0.29, 0.717) is 6.54 Å². The molecule has 0 unspecified atom stereocenters. The number of methoxy groups -OCH3 is 2. The topological polar surface area (TPSA) is 54.0 Å². The van der Waals surface area contributed by atoms with Crippen molar-refractivity contribution < 1.29 is 14.3 Å². The average molecular weight is 383 g/mol. The van der Waals surface area contributed by atoms with Crippen molar-refractivity contribution in [3.63, 3.8) is 0 Å². The molecule has 1 heterocycles. The predicted molar refractivity (Wildman–Crippen MR) is 111 cm³/mol. The highest BCUT2D eigenvalue weighted by Gasteiger charge is 2.19. The standard InChI is InChI=1S/C22H29N3O3/c1-17-6-4-5-7-19(17)23-22(26)16-25-12-10-24(11-13-25)15-18-8-9-20(27-2)21(14-18)28-3/h4-9,14H,10-13,15-16H2,1-3H3,(H,23,26). The van der Waals surface area contributed by atoms with Crippen LogP contribution in [-0.2, 0) is 11.3 Å². The van der Waals surface area contributed by atoms with E-state index >= 15 is 0 Å². The summed E-state index contributed by atoms with van der Waals surface area (Å²) in [5, 5.41) is 3.01. The van der Waals surface area contributed by atoms with Gasteiger partial charge in [0.05, 0.1) is 20.8 Å². The van der Waals surface area contributed by atoms with Crippen LogP contribution in [0.1, 0.15) is 11.1 Å². The number of hydrogen-bond donors (Lipinski definition) is 1. The van der Waals surface area contributed by atoms with Gasteiger partial charge in [0.1, 0.15) is 0 Å². The van der Waals surface area contributed by atoms with Crippen LogP contribution >= 0.6 is 0 Å². The summed E-state index contributed by atoms with van der Waals surface area (Å²) < 4.78 is 10.7. The molecule has 0 saturated carbocycles. The van der Waals surface area contributed by atoms with Crippen LogP contribution in [0.15, 0.2) is 42.5 Å². The van der Waals surface area contributed by atoms with E-state index in [-0.39, 0.29) is 5.91 Å². The van der Waals surface area contributed by atoms with Crippen molar-refractivity contribution in [3.05, 3.63) is 53.6 Å². The average Bonchev–Trinajstić information content (AvgIpc) is 2.71. The smallest absolute Gasteiger partial charge is 0.238 e. The maximum Gasteiger partial charge on any atom is 0.238 e. The Morgan fingerprint density at radius 3 is 2.32 bits per heavy atom. The second-order valence-electron chi connectivity index (χ2n) is 7.10. The Morgan fingerprint density at radius 2 is 1.64 bits per heavy atom. The van der Waals surface area contributed by atoms with E-state index in [1.165, 1.54) is 5.56 Å². The molecule has 6 nitrogen and oxygen atoms in total. The molecule has 1 N–H and O–H groups in total. The van der Waals surface area contributed by atoms with Gasteiger partial charge >= 0.3 is 0 Å². The predicted octanol–water partition coefficient (Wildman–Crippen LogP) is 2.77. The number of piperazine rings is 1. The Hall–Kier alpha value is -2.57. The van der Waals surface area contributed by atoms with Gasteiger partial charge in [0.15, 0.2) is 11.5 Å². The van der Waals surface area contributed by atoms with E-state index in [1.54, 1.807) is 14.2 Å². The fourth-order valence-corrected chi connectivity index (χ4v) is 3.45. The maximum absolute atomic E-state index is 12.3. The normalized spacial score (nSPS) is 15.2. The Kier molecular flexibility index (Phi) is 6.90. The molecule has 0 aliphatic carbocycles. The Labute approximate surface area is 167 Å². The molecule has 1 amide bonds. The van der Waals surface area contributed by atoms with E-state index in [9.17, 15) is 4.79 Å². The third-order valence-corrected chi connectivity index (χ3v) is 5.11. The molecule has 0 radical (unpaired) electrons. The monoisotopic (exact) mass is 383 g/mol. The SMILES string of the molecule is COc1ccc(CN2CCN(CC(=O)Nc3ccccc3C)CC2)cc1OC. The van der Waals surface area contributed by atoms with Crippen molar-refractivity contribution in [1.29, 1.82) is 0 Å². The van der Waals surface area contributed by atoms with Crippen molar-refractivity contribution in [1.82, 2.24) is 9.80 Å². The number of aryl methyl sites for hydroxylation is 1. The van der Waals surface area contributed by atoms with Crippen molar-refractivity contribution in [2.75, 3.05) is 52.3 Å². The number of carbonyl (C=O) groups excluding carboxylic acids is 1. The number of rotatable bonds is 7. The summed E-state index contributed by atoms with van der Waals surface area (Å²) in [5.41, 5.74) is 3.17. The minimum atomic E-state index is 0.0441. The van der Waals surface area contributed by atoms with Crippen LogP contribution in [0.25, 0.3) is 0 Å². The fraction of sp³-hybridized carbons (Fsp3) is 0.409. The fourth-order valence-electron chi connectivity index (χ4n) is 3.45. The lowest BCUT2D eigenvalue weighted by Gasteiger charge is -2.34. The molecule has 6 heteroatoms. The minimum Gasteiger partial charge on any atom is -0.493 e. The van der Waals surface area contributed by atoms with Crippen LogP contribution in [-0.4, -0.2) is 62.7 Å². The van der Waals surface area contributed by atoms with E-state index < -0.39 is 0 Å². The lowest BCUT2D eigenvalue weighted by Crippen LogP contribution is -2.48. The van der Waals surface area contributed by atoms with Crippen LogP contribution in [0, 0.1) is 6.92 Å². The molecular weight excluding hydrogens is 354 g/mol. The van der Waals surface area contributed by atoms with Gasteiger partial charge in [0.2, 0.25) is 5.91 Å². The van der Waals surface area contributed by atoms with Crippen LogP contribution in [0.2, 0.25) is 0 Å². The van der Waals surface area contributed by atoms with Gasteiger partial charge in [-0.1, -0.05) is 24.3 Å². The van der Waals surface area contributed by atoms with Gasteiger partial charge in [-0.2, -0.15) is 0 Å². The molecule has 2 aromatic rings. The molecule has 150 valence electrons. The van der Waals surface area contributed by atoms with Gasteiger partial charge in [-0.25, -0.2) is 0 Å². The number of hydrogen-bond acceptors (Lipinski definition) is 5. The number of anilines is 1. The van der Waals surface area contributed by atoms with Gasteiger partial charge in [0.25, 0.3) is 0 Å². The highest BCUT2D eigenvalue weighted by atomic mass is 16.5. The largest absolute Gasteiger partial charge is 0.493 e. The third-order valence-electron chi connectivity index (χ3n) is 5.11. The summed E-state index contributed by atoms with van der Waals surface area (Å²) in [4.78, 5) is 17.0. The van der Waals surface area contributed by atoms with Gasteiger partial charge in [-0.05, 0) is 36.2 Å². The van der Waals surface area contributed by atoms with Crippen LogP contribution in [0.4, 0.5) is 5.69 Å². The number of carbonyl (C=O) groups is 1. The van der Waals surface area contributed by atoms with Gasteiger partial charge in [-0.15, -0.1) is 0 Å². The van der Waals surface area contributed by atoms with Crippen molar-refractivity contribution in [3.8, 4) is 11.5 Å². The molecule has 0 aromatic heterocycles. The van der Waals surface area contributed by atoms with Gasteiger partial charge in [0, 0.05) is 38.4 Å². The van der Waals surface area contributed by atoms with Gasteiger partial charge in [-0.3, -0.25) is 14.6 Å². The summed E-state index contributed by atoms with van der Waals surface area (Å²) >= 11 is 0. The summed E-state index contributed by atoms with van der Waals surface area (Å²) in [7, 11) is 3.30. The number of benzene rings is 2. The molecule has 1 saturated heterocycles. The van der Waals surface area contributed by atoms with Crippen molar-refractivity contribution in [2.24, 2.45) is 0 Å². The zero-order valence-electron chi connectivity index (χ0n) is 16.9. The second kappa shape index (κ2) is 9.57. The van der Waals surface area contributed by atoms with Crippen LogP contribution in [0.3, 0.4) is 0 Å². The molecule has 1 aliphatic heterocycles. The Balaban J connectivity index is 1.47. The molecular formula is C22H29N3O3. The first-order valence-electron chi connectivity index (χ1n) is 9.60. The Bertz CT molecular complexity index is 801. The highest BCUT2D eigenvalue weighted by Crippen LogP contribution is 2.28. The molecule has 2 aromatic carbocycles. The lowest BCUT2D eigenvalue weighted by atomic mass is 10.1. The van der Waals surface area contributed by atoms with E-state index in [2.05, 4.69) is 21.2 Å². The first kappa shape index (κ1) is 20.2. The molecule has 1 fully saturated rings. The van der Waals surface area contributed by atoms with Crippen LogP contribution < -0.4 is 14.8 Å². The van der Waals surface area contributed by atoms with Gasteiger partial charge < -0.3 is 14.8 Å². The molecule has 0 spiro atoms. The molecule has 0 atom stereocenters. The first-order chi connectivity index (χ1) is 13.6. The highest BCUT2D eigenvalue weighted by molar-refractivity contribution is 5.92. The number of amides is 1. The van der Waals surface area contributed by atoms with Crippen molar-refractivity contribution >= 4 is 11.6 Å². The maximum atomic E-state index is 12.3. The third kappa shape index (κ3) is 5.24. The summed E-state index contributed by atoms with van der Waals surface area (Å²) in [6.45, 7) is 6.94. The lowest BCUT2D eigenvalue weighted by molar-refractivity contribution is -0.117. The Morgan fingerprint density at radius 1 is 0.964 bits per heavy atom. The summed E-state index contributed by atoms with van der Waals surface area (Å²) in [5.74, 6) is 1.55. The quantitative estimate of drug-likeness (QED) is 0.797. The number of nitrogens with one attached hydrogen (secondary N) is 1. The molecule has 3 rings (SSSR count). The first-order valence-corrected chi connectivity index (χ1v) is 9.60. The summed E-state index contributed by atoms with van der Waals surface area (Å²) in [6.07, 6.45) is 0. The molecule has 1 aliphatic rings. The molecule has 28 heavy (non-hydrogen) atoms.